The molecule has 6 heteroatoms. The molecule has 0 atom stereocenters. The number of furan rings is 1. The third-order valence-electron chi connectivity index (χ3n) is 4.21. The molecule has 0 spiro atoms. The summed E-state index contributed by atoms with van der Waals surface area (Å²) in [6, 6.07) is 3.30. The number of carbonyl (C=O) groups excluding carboxylic acids is 1. The number of piperidine rings is 1. The van der Waals surface area contributed by atoms with Crippen molar-refractivity contribution in [2.24, 2.45) is 11.1 Å². The van der Waals surface area contributed by atoms with E-state index in [9.17, 15) is 14.7 Å². The van der Waals surface area contributed by atoms with E-state index in [1.54, 1.807) is 17.0 Å². The van der Waals surface area contributed by atoms with Gasteiger partial charge < -0.3 is 20.2 Å². The zero-order chi connectivity index (χ0) is 14.8. The Hall–Kier alpha value is -1.82. The lowest BCUT2D eigenvalue weighted by molar-refractivity contribution is -0.152. The van der Waals surface area contributed by atoms with Gasteiger partial charge in [0.2, 0.25) is 0 Å². The molecule has 1 saturated heterocycles. The number of hydrogen-bond donors (Lipinski definition) is 2. The molecule has 0 aromatic carbocycles. The van der Waals surface area contributed by atoms with Crippen LogP contribution in [0.1, 0.15) is 42.5 Å². The number of nitrogens with two attached hydrogens (primary N) is 1. The number of nitrogens with zero attached hydrogens (tertiary/aromatic N) is 1. The lowest BCUT2D eigenvalue weighted by atomic mass is 9.76. The van der Waals surface area contributed by atoms with Crippen LogP contribution < -0.4 is 5.73 Å². The third kappa shape index (κ3) is 2.56. The van der Waals surface area contributed by atoms with Gasteiger partial charge in [-0.3, -0.25) is 9.59 Å². The summed E-state index contributed by atoms with van der Waals surface area (Å²) < 4.78 is 5.34. The molecule has 0 saturated carbocycles. The second-order valence-electron chi connectivity index (χ2n) is 5.20. The Balaban J connectivity index is 2.03. The van der Waals surface area contributed by atoms with Gasteiger partial charge in [-0.05, 0) is 31.4 Å². The Labute approximate surface area is 117 Å². The maximum Gasteiger partial charge on any atom is 0.309 e. The summed E-state index contributed by atoms with van der Waals surface area (Å²) in [6.07, 6.45) is 1.55. The zero-order valence-corrected chi connectivity index (χ0v) is 11.6. The molecule has 0 bridgehead atoms. The van der Waals surface area contributed by atoms with Crippen LogP contribution >= 0.6 is 0 Å². The van der Waals surface area contributed by atoms with Crippen molar-refractivity contribution < 1.29 is 19.1 Å². The van der Waals surface area contributed by atoms with Gasteiger partial charge >= 0.3 is 5.97 Å². The van der Waals surface area contributed by atoms with E-state index in [1.807, 2.05) is 6.92 Å². The van der Waals surface area contributed by atoms with Crippen LogP contribution in [0, 0.1) is 5.41 Å². The first kappa shape index (κ1) is 14.6. The van der Waals surface area contributed by atoms with Crippen LogP contribution in [0.2, 0.25) is 0 Å². The van der Waals surface area contributed by atoms with Gasteiger partial charge in [0.1, 0.15) is 5.76 Å². The minimum Gasteiger partial charge on any atom is -0.481 e. The minimum absolute atomic E-state index is 0.195. The molecule has 1 aliphatic rings. The Bertz CT molecular complexity index is 501. The summed E-state index contributed by atoms with van der Waals surface area (Å²) in [6.45, 7) is 3.02. The first-order valence-electron chi connectivity index (χ1n) is 6.84. The van der Waals surface area contributed by atoms with Gasteiger partial charge in [0, 0.05) is 13.1 Å². The summed E-state index contributed by atoms with van der Waals surface area (Å²) in [5.74, 6) is -0.126. The highest BCUT2D eigenvalue weighted by Gasteiger charge is 2.41. The molecule has 0 unspecified atom stereocenters. The Morgan fingerprint density at radius 3 is 2.50 bits per heavy atom. The molecule has 0 aliphatic carbocycles. The van der Waals surface area contributed by atoms with Crippen molar-refractivity contribution in [2.45, 2.75) is 32.7 Å². The molecule has 2 rings (SSSR count). The second kappa shape index (κ2) is 5.66. The number of amides is 1. The zero-order valence-electron chi connectivity index (χ0n) is 11.6. The highest BCUT2D eigenvalue weighted by Crippen LogP contribution is 2.35. The van der Waals surface area contributed by atoms with Crippen LogP contribution in [-0.4, -0.2) is 35.0 Å². The van der Waals surface area contributed by atoms with Crippen LogP contribution in [0.25, 0.3) is 0 Å². The standard InChI is InChI=1S/C14H20N2O4/c1-2-14(13(18)19)5-7-16(8-6-14)12(17)11-4-3-10(9-15)20-11/h3-4H,2,5-9,15H2,1H3,(H,18,19). The second-order valence-corrected chi connectivity index (χ2v) is 5.20. The third-order valence-corrected chi connectivity index (χ3v) is 4.21. The van der Waals surface area contributed by atoms with Crippen LogP contribution in [-0.2, 0) is 11.3 Å². The number of rotatable bonds is 4. The molecular formula is C14H20N2O4. The summed E-state index contributed by atoms with van der Waals surface area (Å²) in [7, 11) is 0. The molecule has 20 heavy (non-hydrogen) atoms. The maximum absolute atomic E-state index is 12.2. The Morgan fingerprint density at radius 1 is 1.40 bits per heavy atom. The molecule has 1 aromatic heterocycles. The van der Waals surface area contributed by atoms with Crippen molar-refractivity contribution in [2.75, 3.05) is 13.1 Å². The first-order chi connectivity index (χ1) is 9.52. The lowest BCUT2D eigenvalue weighted by Gasteiger charge is -2.37. The molecule has 1 amide bonds. The highest BCUT2D eigenvalue weighted by atomic mass is 16.4. The fourth-order valence-corrected chi connectivity index (χ4v) is 2.61. The van der Waals surface area contributed by atoms with Crippen LogP contribution in [0.5, 0.6) is 0 Å². The molecule has 0 radical (unpaired) electrons. The molecule has 1 aliphatic heterocycles. The monoisotopic (exact) mass is 280 g/mol. The highest BCUT2D eigenvalue weighted by molar-refractivity contribution is 5.91. The van der Waals surface area contributed by atoms with Gasteiger partial charge in [-0.15, -0.1) is 0 Å². The summed E-state index contributed by atoms with van der Waals surface area (Å²) >= 11 is 0. The largest absolute Gasteiger partial charge is 0.481 e. The quantitative estimate of drug-likeness (QED) is 0.870. The molecule has 6 nitrogen and oxygen atoms in total. The average Bonchev–Trinajstić information content (AvgIpc) is 2.95. The van der Waals surface area contributed by atoms with E-state index in [-0.39, 0.29) is 18.2 Å². The van der Waals surface area contributed by atoms with Crippen LogP contribution in [0.4, 0.5) is 0 Å². The smallest absolute Gasteiger partial charge is 0.309 e. The first-order valence-corrected chi connectivity index (χ1v) is 6.84. The van der Waals surface area contributed by atoms with Crippen molar-refractivity contribution in [3.63, 3.8) is 0 Å². The van der Waals surface area contributed by atoms with Gasteiger partial charge in [0.15, 0.2) is 5.76 Å². The number of carboxylic acid groups (broad SMARTS) is 1. The van der Waals surface area contributed by atoms with Crippen molar-refractivity contribution in [1.29, 1.82) is 0 Å². The van der Waals surface area contributed by atoms with Gasteiger partial charge in [-0.2, -0.15) is 0 Å². The maximum atomic E-state index is 12.2. The molecule has 2 heterocycles. The number of aliphatic carboxylic acids is 1. The fourth-order valence-electron chi connectivity index (χ4n) is 2.61. The van der Waals surface area contributed by atoms with E-state index in [1.165, 1.54) is 0 Å². The van der Waals surface area contributed by atoms with Crippen LogP contribution in [0.3, 0.4) is 0 Å². The number of likely N-dealkylation sites (tertiary alicyclic amines) is 1. The fraction of sp³-hybridized carbons (Fsp3) is 0.571. The van der Waals surface area contributed by atoms with Crippen molar-refractivity contribution in [1.82, 2.24) is 4.90 Å². The van der Waals surface area contributed by atoms with Gasteiger partial charge in [-0.1, -0.05) is 6.92 Å². The van der Waals surface area contributed by atoms with Crippen molar-refractivity contribution in [3.8, 4) is 0 Å². The lowest BCUT2D eigenvalue weighted by Crippen LogP contribution is -2.46. The molecule has 3 N–H and O–H groups in total. The van der Waals surface area contributed by atoms with E-state index >= 15 is 0 Å². The predicted octanol–water partition coefficient (Wildman–Crippen LogP) is 1.46. The van der Waals surface area contributed by atoms with E-state index < -0.39 is 11.4 Å². The minimum atomic E-state index is -0.768. The molecule has 1 fully saturated rings. The number of hydrogen-bond acceptors (Lipinski definition) is 4. The van der Waals surface area contributed by atoms with E-state index in [2.05, 4.69) is 0 Å². The summed E-state index contributed by atoms with van der Waals surface area (Å²) in [4.78, 5) is 25.3. The SMILES string of the molecule is CCC1(C(=O)O)CCN(C(=O)c2ccc(CN)o2)CC1. The summed E-state index contributed by atoms with van der Waals surface area (Å²) in [5.41, 5.74) is 4.75. The van der Waals surface area contributed by atoms with Crippen molar-refractivity contribution >= 4 is 11.9 Å². The van der Waals surface area contributed by atoms with Gasteiger partial charge in [0.25, 0.3) is 5.91 Å². The summed E-state index contributed by atoms with van der Waals surface area (Å²) in [5, 5.41) is 9.33. The number of carboxylic acids is 1. The molecular weight excluding hydrogens is 260 g/mol. The van der Waals surface area contributed by atoms with E-state index in [4.69, 9.17) is 10.2 Å². The number of carbonyl (C=O) groups is 2. The topological polar surface area (TPSA) is 96.8 Å². The Morgan fingerprint density at radius 2 is 2.05 bits per heavy atom. The van der Waals surface area contributed by atoms with E-state index in [0.29, 0.717) is 38.1 Å². The normalized spacial score (nSPS) is 18.0. The van der Waals surface area contributed by atoms with Gasteiger partial charge in [-0.25, -0.2) is 0 Å². The van der Waals surface area contributed by atoms with E-state index in [0.717, 1.165) is 0 Å². The van der Waals surface area contributed by atoms with Gasteiger partial charge in [0.05, 0.1) is 12.0 Å². The average molecular weight is 280 g/mol. The van der Waals surface area contributed by atoms with Crippen molar-refractivity contribution in [3.05, 3.63) is 23.7 Å². The van der Waals surface area contributed by atoms with Crippen LogP contribution in [0.15, 0.2) is 16.5 Å². The molecule has 110 valence electrons. The Kier molecular flexibility index (Phi) is 4.13. The predicted molar refractivity (Wildman–Crippen MR) is 72.1 cm³/mol. The molecule has 1 aromatic rings.